The molecule has 156 valence electrons. The molecule has 4 N–H and O–H groups in total. The normalized spacial score (nSPS) is 21.3. The first-order valence-electron chi connectivity index (χ1n) is 10.9. The molecule has 2 amide bonds. The number of amides is 2. The van der Waals surface area contributed by atoms with Crippen molar-refractivity contribution in [2.45, 2.75) is 44.9 Å². The minimum atomic E-state index is -0.632. The lowest BCUT2D eigenvalue weighted by Gasteiger charge is -2.36. The van der Waals surface area contributed by atoms with Gasteiger partial charge in [-0.2, -0.15) is 0 Å². The van der Waals surface area contributed by atoms with Gasteiger partial charge in [-0.25, -0.2) is 4.98 Å². The highest BCUT2D eigenvalue weighted by molar-refractivity contribution is 6.06. The average molecular weight is 398 g/mol. The summed E-state index contributed by atoms with van der Waals surface area (Å²) < 4.78 is 0. The summed E-state index contributed by atoms with van der Waals surface area (Å²) in [5.41, 5.74) is 6.90. The molecule has 1 saturated carbocycles. The second-order valence-corrected chi connectivity index (χ2v) is 8.63. The van der Waals surface area contributed by atoms with Crippen molar-refractivity contribution in [2.75, 3.05) is 26.2 Å². The van der Waals surface area contributed by atoms with E-state index in [0.717, 1.165) is 18.9 Å². The summed E-state index contributed by atoms with van der Waals surface area (Å²) in [5, 5.41) is 3.09. The maximum atomic E-state index is 12.8. The Morgan fingerprint density at radius 1 is 1.14 bits per heavy atom. The largest absolute Gasteiger partial charge is 0.363 e. The molecule has 1 unspecified atom stereocenters. The van der Waals surface area contributed by atoms with Crippen molar-refractivity contribution in [1.82, 2.24) is 20.2 Å². The number of fused-ring (bicyclic) bond motifs is 1. The SMILES string of the molecule is NC(=O)c1nc2c(C(=O)NCC3CCCN(CC4CCCCC4)C3)cccc2[nH]1. The molecule has 1 aromatic carbocycles. The number of aromatic nitrogens is 2. The van der Waals surface area contributed by atoms with E-state index in [0.29, 0.717) is 29.1 Å². The Kier molecular flexibility index (Phi) is 6.13. The number of imidazole rings is 1. The maximum absolute atomic E-state index is 12.8. The van der Waals surface area contributed by atoms with Gasteiger partial charge in [-0.1, -0.05) is 25.3 Å². The van der Waals surface area contributed by atoms with E-state index < -0.39 is 5.91 Å². The number of para-hydroxylation sites is 1. The summed E-state index contributed by atoms with van der Waals surface area (Å²) >= 11 is 0. The van der Waals surface area contributed by atoms with Crippen LogP contribution in [-0.4, -0.2) is 52.9 Å². The number of carbonyl (C=O) groups is 2. The molecule has 1 aromatic heterocycles. The molecule has 0 radical (unpaired) electrons. The minimum Gasteiger partial charge on any atom is -0.363 e. The van der Waals surface area contributed by atoms with E-state index >= 15 is 0 Å². The monoisotopic (exact) mass is 397 g/mol. The number of nitrogens with one attached hydrogen (secondary N) is 2. The highest BCUT2D eigenvalue weighted by atomic mass is 16.2. The average Bonchev–Trinajstić information content (AvgIpc) is 3.18. The predicted octanol–water partition coefficient (Wildman–Crippen LogP) is 2.68. The minimum absolute atomic E-state index is 0.0749. The zero-order valence-corrected chi connectivity index (χ0v) is 17.0. The molecular formula is C22H31N5O2. The Labute approximate surface area is 171 Å². The molecular weight excluding hydrogens is 366 g/mol. The number of likely N-dealkylation sites (tertiary alicyclic amines) is 1. The molecule has 1 aliphatic heterocycles. The molecule has 7 heteroatoms. The van der Waals surface area contributed by atoms with Gasteiger partial charge in [-0.15, -0.1) is 0 Å². The second kappa shape index (κ2) is 8.95. The lowest BCUT2D eigenvalue weighted by Crippen LogP contribution is -2.43. The highest BCUT2D eigenvalue weighted by Crippen LogP contribution is 2.26. The van der Waals surface area contributed by atoms with E-state index in [9.17, 15) is 9.59 Å². The number of primary amides is 1. The number of nitrogens with two attached hydrogens (primary N) is 1. The van der Waals surface area contributed by atoms with Crippen molar-refractivity contribution in [3.8, 4) is 0 Å². The molecule has 1 saturated heterocycles. The van der Waals surface area contributed by atoms with Crippen molar-refractivity contribution in [2.24, 2.45) is 17.6 Å². The second-order valence-electron chi connectivity index (χ2n) is 8.63. The lowest BCUT2D eigenvalue weighted by molar-refractivity contribution is 0.0923. The predicted molar refractivity (Wildman–Crippen MR) is 113 cm³/mol. The number of carbonyl (C=O) groups excluding carboxylic acids is 2. The molecule has 0 spiro atoms. The van der Waals surface area contributed by atoms with Crippen molar-refractivity contribution in [1.29, 1.82) is 0 Å². The Balaban J connectivity index is 1.34. The first kappa shape index (κ1) is 19.9. The van der Waals surface area contributed by atoms with Crippen molar-refractivity contribution >= 4 is 22.8 Å². The van der Waals surface area contributed by atoms with E-state index in [1.54, 1.807) is 18.2 Å². The van der Waals surface area contributed by atoms with Crippen LogP contribution in [0.2, 0.25) is 0 Å². The van der Waals surface area contributed by atoms with Gasteiger partial charge < -0.3 is 20.9 Å². The molecule has 1 aliphatic carbocycles. The molecule has 29 heavy (non-hydrogen) atoms. The van der Waals surface area contributed by atoms with Crippen LogP contribution in [0.5, 0.6) is 0 Å². The third kappa shape index (κ3) is 4.78. The van der Waals surface area contributed by atoms with Gasteiger partial charge in [-0.3, -0.25) is 9.59 Å². The quantitative estimate of drug-likeness (QED) is 0.697. The smallest absolute Gasteiger partial charge is 0.284 e. The molecule has 2 fully saturated rings. The van der Waals surface area contributed by atoms with E-state index in [-0.39, 0.29) is 11.7 Å². The van der Waals surface area contributed by atoms with Gasteiger partial charge in [0.25, 0.3) is 11.8 Å². The summed E-state index contributed by atoms with van der Waals surface area (Å²) in [6.07, 6.45) is 9.26. The molecule has 2 heterocycles. The molecule has 1 atom stereocenters. The van der Waals surface area contributed by atoms with Gasteiger partial charge in [0.2, 0.25) is 0 Å². The van der Waals surface area contributed by atoms with Crippen LogP contribution in [0.3, 0.4) is 0 Å². The zero-order chi connectivity index (χ0) is 20.2. The van der Waals surface area contributed by atoms with Crippen LogP contribution < -0.4 is 11.1 Å². The van der Waals surface area contributed by atoms with Crippen LogP contribution in [0.1, 0.15) is 65.9 Å². The Bertz CT molecular complexity index is 871. The zero-order valence-electron chi connectivity index (χ0n) is 17.0. The van der Waals surface area contributed by atoms with E-state index in [2.05, 4.69) is 20.2 Å². The number of piperidine rings is 1. The van der Waals surface area contributed by atoms with Crippen LogP contribution in [0.15, 0.2) is 18.2 Å². The number of H-pyrrole nitrogens is 1. The highest BCUT2D eigenvalue weighted by Gasteiger charge is 2.24. The number of benzene rings is 1. The number of rotatable bonds is 6. The van der Waals surface area contributed by atoms with Gasteiger partial charge in [0, 0.05) is 19.6 Å². The van der Waals surface area contributed by atoms with E-state index in [4.69, 9.17) is 5.73 Å². The summed E-state index contributed by atoms with van der Waals surface area (Å²) in [6.45, 7) is 4.13. The number of nitrogens with zero attached hydrogens (tertiary/aromatic N) is 2. The van der Waals surface area contributed by atoms with Gasteiger partial charge in [-0.05, 0) is 56.2 Å². The van der Waals surface area contributed by atoms with Gasteiger partial charge in [0.05, 0.1) is 11.1 Å². The van der Waals surface area contributed by atoms with Gasteiger partial charge in [0.15, 0.2) is 5.82 Å². The summed E-state index contributed by atoms with van der Waals surface area (Å²) in [5.74, 6) is 0.630. The van der Waals surface area contributed by atoms with Crippen molar-refractivity contribution in [3.05, 3.63) is 29.6 Å². The fourth-order valence-corrected chi connectivity index (χ4v) is 4.88. The summed E-state index contributed by atoms with van der Waals surface area (Å²) in [6, 6.07) is 5.31. The number of hydrogen-bond acceptors (Lipinski definition) is 4. The van der Waals surface area contributed by atoms with Crippen molar-refractivity contribution < 1.29 is 9.59 Å². The lowest BCUT2D eigenvalue weighted by atomic mass is 9.88. The first-order valence-corrected chi connectivity index (χ1v) is 10.9. The van der Waals surface area contributed by atoms with Crippen LogP contribution in [0, 0.1) is 11.8 Å². The Hall–Kier alpha value is -2.41. The standard InChI is InChI=1S/C22H31N5O2/c23-20(28)21-25-18-10-4-9-17(19(18)26-21)22(29)24-12-16-8-5-11-27(14-16)13-15-6-2-1-3-7-15/h4,9-10,15-16H,1-3,5-8,11-14H2,(H2,23,28)(H,24,29)(H,25,26). The van der Waals surface area contributed by atoms with Crippen LogP contribution >= 0.6 is 0 Å². The first-order chi connectivity index (χ1) is 14.1. The van der Waals surface area contributed by atoms with Crippen molar-refractivity contribution in [3.63, 3.8) is 0 Å². The maximum Gasteiger partial charge on any atom is 0.284 e. The van der Waals surface area contributed by atoms with Crippen LogP contribution in [-0.2, 0) is 0 Å². The number of aromatic amines is 1. The molecule has 2 aromatic rings. The summed E-state index contributed by atoms with van der Waals surface area (Å²) in [4.78, 5) is 33.8. The van der Waals surface area contributed by atoms with Gasteiger partial charge in [0.1, 0.15) is 5.52 Å². The van der Waals surface area contributed by atoms with Crippen LogP contribution in [0.4, 0.5) is 0 Å². The van der Waals surface area contributed by atoms with Gasteiger partial charge >= 0.3 is 0 Å². The van der Waals surface area contributed by atoms with Crippen LogP contribution in [0.25, 0.3) is 11.0 Å². The summed E-state index contributed by atoms with van der Waals surface area (Å²) in [7, 11) is 0. The third-order valence-corrected chi connectivity index (χ3v) is 6.39. The number of hydrogen-bond donors (Lipinski definition) is 3. The molecule has 2 aliphatic rings. The topological polar surface area (TPSA) is 104 Å². The third-order valence-electron chi connectivity index (χ3n) is 6.39. The molecule has 4 rings (SSSR count). The fraction of sp³-hybridized carbons (Fsp3) is 0.591. The fourth-order valence-electron chi connectivity index (χ4n) is 4.88. The van der Waals surface area contributed by atoms with E-state index in [1.807, 2.05) is 0 Å². The Morgan fingerprint density at radius 3 is 2.72 bits per heavy atom. The van der Waals surface area contributed by atoms with E-state index in [1.165, 1.54) is 51.6 Å². The molecule has 0 bridgehead atoms. The molecule has 7 nitrogen and oxygen atoms in total. The Morgan fingerprint density at radius 2 is 1.93 bits per heavy atom.